The van der Waals surface area contributed by atoms with Crippen LogP contribution in [0.1, 0.15) is 16.1 Å². The molecule has 3 aromatic heterocycles. The van der Waals surface area contributed by atoms with Crippen molar-refractivity contribution in [1.29, 1.82) is 0 Å². The number of hydrogen-bond acceptors (Lipinski definition) is 4. The van der Waals surface area contributed by atoms with E-state index in [-0.39, 0.29) is 5.56 Å². The number of nitrogens with zero attached hydrogens (tertiary/aromatic N) is 4. The minimum Gasteiger partial charge on any atom is -0.478 e. The second-order valence-corrected chi connectivity index (χ2v) is 4.11. The van der Waals surface area contributed by atoms with Crippen molar-refractivity contribution in [3.63, 3.8) is 0 Å². The van der Waals surface area contributed by atoms with Crippen LogP contribution in [-0.4, -0.2) is 30.7 Å². The summed E-state index contributed by atoms with van der Waals surface area (Å²) in [6.07, 6.45) is 3.09. The molecule has 3 aromatic rings. The van der Waals surface area contributed by atoms with Gasteiger partial charge in [0.1, 0.15) is 11.3 Å². The molecule has 0 bridgehead atoms. The molecule has 0 atom stereocenters. The zero-order chi connectivity index (χ0) is 13.4. The Bertz CT molecular complexity index is 779. The molecule has 6 nitrogen and oxygen atoms in total. The number of aromatic carboxylic acids is 1. The van der Waals surface area contributed by atoms with E-state index >= 15 is 0 Å². The number of rotatable bonds is 2. The number of carboxylic acid groups (broad SMARTS) is 1. The summed E-state index contributed by atoms with van der Waals surface area (Å²) in [7, 11) is 0. The van der Waals surface area contributed by atoms with Crippen LogP contribution < -0.4 is 0 Å². The Morgan fingerprint density at radius 2 is 2.21 bits per heavy atom. The van der Waals surface area contributed by atoms with Gasteiger partial charge in [-0.1, -0.05) is 6.07 Å². The Balaban J connectivity index is 2.27. The van der Waals surface area contributed by atoms with Crippen LogP contribution in [0, 0.1) is 6.92 Å². The second kappa shape index (κ2) is 4.16. The molecule has 0 aliphatic carbocycles. The molecular weight excluding hydrogens is 244 g/mol. The number of hydrogen-bond donors (Lipinski definition) is 1. The van der Waals surface area contributed by atoms with E-state index in [2.05, 4.69) is 15.2 Å². The highest BCUT2D eigenvalue weighted by atomic mass is 16.4. The Hall–Kier alpha value is -2.76. The number of pyridine rings is 1. The van der Waals surface area contributed by atoms with Crippen molar-refractivity contribution >= 4 is 11.6 Å². The molecule has 0 unspecified atom stereocenters. The Kier molecular flexibility index (Phi) is 2.49. The van der Waals surface area contributed by atoms with Crippen molar-refractivity contribution in [3.05, 3.63) is 47.9 Å². The molecule has 0 amide bonds. The Morgan fingerprint density at radius 3 is 3.00 bits per heavy atom. The van der Waals surface area contributed by atoms with Crippen molar-refractivity contribution < 1.29 is 9.90 Å². The predicted molar refractivity (Wildman–Crippen MR) is 67.9 cm³/mol. The molecule has 0 fully saturated rings. The fourth-order valence-corrected chi connectivity index (χ4v) is 2.02. The van der Waals surface area contributed by atoms with Gasteiger partial charge < -0.3 is 5.11 Å². The standard InChI is InChI=1S/C13H10N4O2/c1-8-12(17-5-3-2-4-11(17)15-8)10-6-9(13(18)19)7-14-16-10/h2-7H,1H3,(H,18,19). The molecule has 0 spiro atoms. The van der Waals surface area contributed by atoms with Crippen molar-refractivity contribution in [3.8, 4) is 11.4 Å². The zero-order valence-corrected chi connectivity index (χ0v) is 10.1. The lowest BCUT2D eigenvalue weighted by Crippen LogP contribution is -2.01. The van der Waals surface area contributed by atoms with Crippen LogP contribution in [0.5, 0.6) is 0 Å². The highest BCUT2D eigenvalue weighted by Crippen LogP contribution is 2.22. The third-order valence-electron chi connectivity index (χ3n) is 2.85. The zero-order valence-electron chi connectivity index (χ0n) is 10.1. The van der Waals surface area contributed by atoms with Gasteiger partial charge in [-0.05, 0) is 25.1 Å². The van der Waals surface area contributed by atoms with Crippen molar-refractivity contribution in [1.82, 2.24) is 19.6 Å². The van der Waals surface area contributed by atoms with Crippen LogP contribution in [0.4, 0.5) is 0 Å². The van der Waals surface area contributed by atoms with E-state index in [0.717, 1.165) is 17.0 Å². The number of carboxylic acids is 1. The number of aryl methyl sites for hydroxylation is 1. The highest BCUT2D eigenvalue weighted by molar-refractivity contribution is 5.88. The van der Waals surface area contributed by atoms with Crippen LogP contribution in [0.2, 0.25) is 0 Å². The van der Waals surface area contributed by atoms with E-state index in [9.17, 15) is 4.79 Å². The van der Waals surface area contributed by atoms with E-state index in [1.165, 1.54) is 12.3 Å². The molecule has 3 heterocycles. The first kappa shape index (κ1) is 11.3. The van der Waals surface area contributed by atoms with Crippen molar-refractivity contribution in [2.24, 2.45) is 0 Å². The number of imidazole rings is 1. The molecule has 0 aliphatic heterocycles. The van der Waals surface area contributed by atoms with Gasteiger partial charge in [-0.2, -0.15) is 5.10 Å². The number of aromatic nitrogens is 4. The summed E-state index contributed by atoms with van der Waals surface area (Å²) >= 11 is 0. The fourth-order valence-electron chi connectivity index (χ4n) is 2.02. The third-order valence-corrected chi connectivity index (χ3v) is 2.85. The van der Waals surface area contributed by atoms with E-state index < -0.39 is 5.97 Å². The molecule has 19 heavy (non-hydrogen) atoms. The minimum absolute atomic E-state index is 0.107. The third kappa shape index (κ3) is 1.83. The molecule has 6 heteroatoms. The molecule has 0 aromatic carbocycles. The number of carbonyl (C=O) groups is 1. The lowest BCUT2D eigenvalue weighted by atomic mass is 10.2. The fraction of sp³-hybridized carbons (Fsp3) is 0.0769. The summed E-state index contributed by atoms with van der Waals surface area (Å²) < 4.78 is 1.87. The molecule has 94 valence electrons. The van der Waals surface area contributed by atoms with Gasteiger partial charge in [0.2, 0.25) is 0 Å². The van der Waals surface area contributed by atoms with Gasteiger partial charge in [0, 0.05) is 6.20 Å². The van der Waals surface area contributed by atoms with E-state index in [0.29, 0.717) is 5.69 Å². The van der Waals surface area contributed by atoms with Gasteiger partial charge >= 0.3 is 5.97 Å². The molecule has 0 saturated heterocycles. The topological polar surface area (TPSA) is 80.4 Å². The smallest absolute Gasteiger partial charge is 0.337 e. The summed E-state index contributed by atoms with van der Waals surface area (Å²) in [4.78, 5) is 15.4. The molecule has 3 rings (SSSR count). The molecule has 1 N–H and O–H groups in total. The monoisotopic (exact) mass is 254 g/mol. The largest absolute Gasteiger partial charge is 0.478 e. The normalized spacial score (nSPS) is 10.8. The van der Waals surface area contributed by atoms with E-state index in [4.69, 9.17) is 5.11 Å². The van der Waals surface area contributed by atoms with Crippen LogP contribution >= 0.6 is 0 Å². The first-order valence-corrected chi connectivity index (χ1v) is 5.67. The average Bonchev–Trinajstić information content (AvgIpc) is 2.74. The molecule has 0 saturated carbocycles. The van der Waals surface area contributed by atoms with Gasteiger partial charge in [0.15, 0.2) is 0 Å². The SMILES string of the molecule is Cc1nc2ccccn2c1-c1cc(C(=O)O)cnn1. The van der Waals surface area contributed by atoms with Gasteiger partial charge in [-0.25, -0.2) is 9.78 Å². The lowest BCUT2D eigenvalue weighted by Gasteiger charge is -2.02. The Labute approximate surface area is 108 Å². The van der Waals surface area contributed by atoms with Crippen LogP contribution in [0.15, 0.2) is 36.7 Å². The summed E-state index contributed by atoms with van der Waals surface area (Å²) in [5.41, 5.74) is 2.93. The van der Waals surface area contributed by atoms with E-state index in [1.807, 2.05) is 35.7 Å². The summed E-state index contributed by atoms with van der Waals surface area (Å²) in [6, 6.07) is 7.15. The van der Waals surface area contributed by atoms with Gasteiger partial charge in [0.05, 0.1) is 23.1 Å². The van der Waals surface area contributed by atoms with Crippen molar-refractivity contribution in [2.75, 3.05) is 0 Å². The van der Waals surface area contributed by atoms with Crippen molar-refractivity contribution in [2.45, 2.75) is 6.92 Å². The maximum atomic E-state index is 11.0. The van der Waals surface area contributed by atoms with Crippen LogP contribution in [0.3, 0.4) is 0 Å². The second-order valence-electron chi connectivity index (χ2n) is 4.11. The Morgan fingerprint density at radius 1 is 1.37 bits per heavy atom. The van der Waals surface area contributed by atoms with E-state index in [1.54, 1.807) is 0 Å². The summed E-state index contributed by atoms with van der Waals surface area (Å²) in [5, 5.41) is 16.7. The predicted octanol–water partition coefficient (Wildman–Crippen LogP) is 1.80. The first-order valence-electron chi connectivity index (χ1n) is 5.67. The van der Waals surface area contributed by atoms with Crippen LogP contribution in [0.25, 0.3) is 17.0 Å². The molecule has 0 radical (unpaired) electrons. The van der Waals surface area contributed by atoms with Gasteiger partial charge in [0.25, 0.3) is 0 Å². The maximum absolute atomic E-state index is 11.0. The summed E-state index contributed by atoms with van der Waals surface area (Å²) in [6.45, 7) is 1.86. The van der Waals surface area contributed by atoms with Gasteiger partial charge in [-0.15, -0.1) is 5.10 Å². The first-order chi connectivity index (χ1) is 9.16. The molecule has 0 aliphatic rings. The molecular formula is C13H10N4O2. The van der Waals surface area contributed by atoms with Crippen LogP contribution in [-0.2, 0) is 0 Å². The highest BCUT2D eigenvalue weighted by Gasteiger charge is 2.14. The lowest BCUT2D eigenvalue weighted by molar-refractivity contribution is 0.0696. The maximum Gasteiger partial charge on any atom is 0.337 e. The van der Waals surface area contributed by atoms with Gasteiger partial charge in [-0.3, -0.25) is 4.40 Å². The number of fused-ring (bicyclic) bond motifs is 1. The average molecular weight is 254 g/mol. The quantitative estimate of drug-likeness (QED) is 0.754. The summed E-state index contributed by atoms with van der Waals surface area (Å²) in [5.74, 6) is -1.03. The minimum atomic E-state index is -1.03.